The molecule has 1 N–H and O–H groups in total. The van der Waals surface area contributed by atoms with Gasteiger partial charge in [0.05, 0.1) is 11.4 Å². The maximum atomic E-state index is 5.01. The molecular formula is C21H29N5. The number of nitrogens with one attached hydrogen (secondary N) is 1. The highest BCUT2D eigenvalue weighted by Crippen LogP contribution is 2.38. The van der Waals surface area contributed by atoms with Crippen LogP contribution in [-0.2, 0) is 0 Å². The van der Waals surface area contributed by atoms with Gasteiger partial charge in [-0.2, -0.15) is 10.1 Å². The summed E-state index contributed by atoms with van der Waals surface area (Å²) in [7, 11) is 0. The van der Waals surface area contributed by atoms with E-state index >= 15 is 0 Å². The minimum atomic E-state index is 0.925. The average molecular weight is 351 g/mol. The van der Waals surface area contributed by atoms with Crippen molar-refractivity contribution in [1.29, 1.82) is 0 Å². The summed E-state index contributed by atoms with van der Waals surface area (Å²) in [6.07, 6.45) is 2.85. The fraction of sp³-hybridized carbons (Fsp3) is 0.429. The van der Waals surface area contributed by atoms with Crippen LogP contribution in [0.15, 0.2) is 40.4 Å². The number of piperazine rings is 1. The standard InChI is InChI=1S/C21H29N5/c1-6-16(5)20-18-14-17(7-2)8-9-19(18)23-21(26(20)24-15(3)4)25-12-10-22-11-13-25/h7-9,14,22H,2,6,10-13H2,1,3-5H3. The molecule has 0 aliphatic carbocycles. The number of hydrazone groups is 1. The van der Waals surface area contributed by atoms with Crippen LogP contribution >= 0.6 is 0 Å². The van der Waals surface area contributed by atoms with Crippen molar-refractivity contribution in [2.75, 3.05) is 26.2 Å². The van der Waals surface area contributed by atoms with Gasteiger partial charge in [-0.05, 0) is 50.5 Å². The first-order chi connectivity index (χ1) is 12.5. The highest BCUT2D eigenvalue weighted by molar-refractivity contribution is 5.99. The van der Waals surface area contributed by atoms with Crippen molar-refractivity contribution in [3.8, 4) is 0 Å². The fourth-order valence-electron chi connectivity index (χ4n) is 3.28. The van der Waals surface area contributed by atoms with Gasteiger partial charge in [-0.3, -0.25) is 0 Å². The van der Waals surface area contributed by atoms with Gasteiger partial charge in [0.2, 0.25) is 5.96 Å². The molecule has 0 unspecified atom stereocenters. The lowest BCUT2D eigenvalue weighted by atomic mass is 9.99. The predicted molar refractivity (Wildman–Crippen MR) is 112 cm³/mol. The molecular weight excluding hydrogens is 322 g/mol. The van der Waals surface area contributed by atoms with Crippen LogP contribution in [-0.4, -0.2) is 47.8 Å². The minimum absolute atomic E-state index is 0.925. The van der Waals surface area contributed by atoms with Gasteiger partial charge in [-0.15, -0.1) is 0 Å². The van der Waals surface area contributed by atoms with Crippen molar-refractivity contribution in [2.24, 2.45) is 10.1 Å². The number of aliphatic imine (C=N–C) groups is 1. The Hall–Kier alpha value is -2.40. The Bertz CT molecular complexity index is 778. The quantitative estimate of drug-likeness (QED) is 0.835. The van der Waals surface area contributed by atoms with E-state index in [1.54, 1.807) is 0 Å². The van der Waals surface area contributed by atoms with Crippen LogP contribution in [0.4, 0.5) is 5.69 Å². The number of fused-ring (bicyclic) bond motifs is 1. The Balaban J connectivity index is 2.22. The lowest BCUT2D eigenvalue weighted by Gasteiger charge is -2.38. The summed E-state index contributed by atoms with van der Waals surface area (Å²) in [5.74, 6) is 0.925. The maximum absolute atomic E-state index is 5.01. The van der Waals surface area contributed by atoms with E-state index in [0.717, 1.165) is 66.8 Å². The topological polar surface area (TPSA) is 43.2 Å². The molecule has 5 heteroatoms. The number of guanidine groups is 1. The van der Waals surface area contributed by atoms with E-state index in [9.17, 15) is 0 Å². The first-order valence-electron chi connectivity index (χ1n) is 9.38. The van der Waals surface area contributed by atoms with Crippen LogP contribution in [0.25, 0.3) is 11.8 Å². The van der Waals surface area contributed by atoms with Crippen LogP contribution < -0.4 is 5.32 Å². The third-order valence-electron chi connectivity index (χ3n) is 4.77. The van der Waals surface area contributed by atoms with Crippen molar-refractivity contribution >= 4 is 29.1 Å². The molecule has 1 aromatic rings. The summed E-state index contributed by atoms with van der Waals surface area (Å²) >= 11 is 0. The molecule has 0 atom stereocenters. The molecule has 0 bridgehead atoms. The second kappa shape index (κ2) is 7.87. The van der Waals surface area contributed by atoms with E-state index in [2.05, 4.69) is 53.9 Å². The zero-order valence-corrected chi connectivity index (χ0v) is 16.3. The molecule has 1 saturated heterocycles. The Labute approximate surface area is 156 Å². The molecule has 26 heavy (non-hydrogen) atoms. The monoisotopic (exact) mass is 351 g/mol. The van der Waals surface area contributed by atoms with Crippen molar-refractivity contribution in [3.63, 3.8) is 0 Å². The summed E-state index contributed by atoms with van der Waals surface area (Å²) in [6, 6.07) is 6.34. The highest BCUT2D eigenvalue weighted by Gasteiger charge is 2.30. The Morgan fingerprint density at radius 3 is 2.62 bits per heavy atom. The molecule has 5 nitrogen and oxygen atoms in total. The second-order valence-electron chi connectivity index (χ2n) is 6.97. The molecule has 0 amide bonds. The molecule has 2 aliphatic heterocycles. The van der Waals surface area contributed by atoms with Gasteiger partial charge in [-0.1, -0.05) is 25.6 Å². The van der Waals surface area contributed by atoms with Gasteiger partial charge in [0, 0.05) is 37.5 Å². The van der Waals surface area contributed by atoms with Gasteiger partial charge in [0.1, 0.15) is 0 Å². The minimum Gasteiger partial charge on any atom is -0.338 e. The third-order valence-corrected chi connectivity index (χ3v) is 4.77. The van der Waals surface area contributed by atoms with E-state index in [1.807, 2.05) is 19.9 Å². The fourth-order valence-corrected chi connectivity index (χ4v) is 3.28. The van der Waals surface area contributed by atoms with Crippen molar-refractivity contribution in [3.05, 3.63) is 41.5 Å². The Morgan fingerprint density at radius 1 is 1.27 bits per heavy atom. The highest BCUT2D eigenvalue weighted by atomic mass is 15.6. The van der Waals surface area contributed by atoms with Crippen molar-refractivity contribution in [1.82, 2.24) is 15.2 Å². The van der Waals surface area contributed by atoms with Crippen molar-refractivity contribution < 1.29 is 0 Å². The number of benzene rings is 1. The van der Waals surface area contributed by atoms with E-state index in [0.29, 0.717) is 0 Å². The van der Waals surface area contributed by atoms with Crippen LogP contribution in [0, 0.1) is 0 Å². The van der Waals surface area contributed by atoms with Crippen LogP contribution in [0.5, 0.6) is 0 Å². The number of nitrogens with zero attached hydrogens (tertiary/aromatic N) is 4. The molecule has 3 rings (SSSR count). The van der Waals surface area contributed by atoms with Crippen LogP contribution in [0.2, 0.25) is 0 Å². The van der Waals surface area contributed by atoms with E-state index in [4.69, 9.17) is 10.1 Å². The molecule has 1 aromatic carbocycles. The third kappa shape index (κ3) is 3.58. The normalized spacial score (nSPS) is 18.8. The predicted octanol–water partition coefficient (Wildman–Crippen LogP) is 4.07. The molecule has 1 fully saturated rings. The number of rotatable bonds is 3. The zero-order chi connectivity index (χ0) is 18.7. The summed E-state index contributed by atoms with van der Waals surface area (Å²) in [5, 5.41) is 10.3. The lowest BCUT2D eigenvalue weighted by molar-refractivity contribution is 0.323. The number of allylic oxidation sites excluding steroid dienone is 1. The molecule has 2 heterocycles. The smallest absolute Gasteiger partial charge is 0.227 e. The molecule has 0 aromatic heterocycles. The molecule has 0 saturated carbocycles. The first kappa shape index (κ1) is 18.4. The van der Waals surface area contributed by atoms with Crippen LogP contribution in [0.3, 0.4) is 0 Å². The van der Waals surface area contributed by atoms with E-state index in [1.165, 1.54) is 5.57 Å². The van der Waals surface area contributed by atoms with Gasteiger partial charge >= 0.3 is 0 Å². The first-order valence-corrected chi connectivity index (χ1v) is 9.38. The van der Waals surface area contributed by atoms with E-state index in [-0.39, 0.29) is 0 Å². The van der Waals surface area contributed by atoms with Crippen LogP contribution in [0.1, 0.15) is 45.2 Å². The number of hydrogen-bond acceptors (Lipinski definition) is 5. The molecule has 2 aliphatic rings. The summed E-state index contributed by atoms with van der Waals surface area (Å²) in [4.78, 5) is 7.34. The van der Waals surface area contributed by atoms with Gasteiger partial charge in [-0.25, -0.2) is 4.99 Å². The summed E-state index contributed by atoms with van der Waals surface area (Å²) in [6.45, 7) is 16.2. The zero-order valence-electron chi connectivity index (χ0n) is 16.3. The summed E-state index contributed by atoms with van der Waals surface area (Å²) < 4.78 is 0. The van der Waals surface area contributed by atoms with Gasteiger partial charge in [0.25, 0.3) is 0 Å². The Kier molecular flexibility index (Phi) is 5.57. The maximum Gasteiger partial charge on any atom is 0.227 e. The molecule has 138 valence electrons. The van der Waals surface area contributed by atoms with Gasteiger partial charge < -0.3 is 10.2 Å². The molecule has 0 spiro atoms. The van der Waals surface area contributed by atoms with Gasteiger partial charge in [0.15, 0.2) is 0 Å². The van der Waals surface area contributed by atoms with E-state index < -0.39 is 0 Å². The lowest BCUT2D eigenvalue weighted by Crippen LogP contribution is -2.51. The van der Waals surface area contributed by atoms with Crippen molar-refractivity contribution in [2.45, 2.75) is 34.1 Å². The largest absolute Gasteiger partial charge is 0.338 e. The molecule has 0 radical (unpaired) electrons. The Morgan fingerprint density at radius 2 is 2.00 bits per heavy atom. The number of hydrogen-bond donors (Lipinski definition) is 1. The SMILES string of the molecule is C=Cc1ccc2c(c1)C(=C(C)CC)N(N=C(C)C)C(N1CCNCC1)=N2. The average Bonchev–Trinajstić information content (AvgIpc) is 2.66. The summed E-state index contributed by atoms with van der Waals surface area (Å²) in [5.41, 5.74) is 6.70. The second-order valence-corrected chi connectivity index (χ2v) is 6.97.